The highest BCUT2D eigenvalue weighted by Crippen LogP contribution is 2.18. The van der Waals surface area contributed by atoms with E-state index in [-0.39, 0.29) is 12.0 Å². The fourth-order valence-corrected chi connectivity index (χ4v) is 1.50. The van der Waals surface area contributed by atoms with Crippen LogP contribution in [0.25, 0.3) is 0 Å². The summed E-state index contributed by atoms with van der Waals surface area (Å²) in [5.74, 6) is 2.47. The van der Waals surface area contributed by atoms with Gasteiger partial charge in [0.2, 0.25) is 0 Å². The van der Waals surface area contributed by atoms with Crippen LogP contribution in [0.1, 0.15) is 19.3 Å². The largest absolute Gasteiger partial charge is 0.468 e. The fourth-order valence-electron chi connectivity index (χ4n) is 1.50. The maximum Gasteiger partial charge on any atom is 0.323 e. The zero-order valence-corrected chi connectivity index (χ0v) is 7.95. The second kappa shape index (κ2) is 4.88. The Labute approximate surface area is 79.1 Å². The molecular weight excluding hydrogens is 166 g/mol. The first-order valence-electron chi connectivity index (χ1n) is 4.55. The summed E-state index contributed by atoms with van der Waals surface area (Å²) in [7, 11) is 1.43. The number of hydrogen-bond donors (Lipinski definition) is 0. The molecule has 1 aliphatic rings. The van der Waals surface area contributed by atoms with Crippen molar-refractivity contribution in [3.63, 3.8) is 0 Å². The van der Waals surface area contributed by atoms with Crippen LogP contribution >= 0.6 is 0 Å². The van der Waals surface area contributed by atoms with E-state index in [1.54, 1.807) is 0 Å². The average molecular weight is 181 g/mol. The lowest BCUT2D eigenvalue weighted by atomic mass is 10.0. The van der Waals surface area contributed by atoms with Gasteiger partial charge in [-0.2, -0.15) is 0 Å². The Balaban J connectivity index is 2.21. The molecule has 3 heteroatoms. The van der Waals surface area contributed by atoms with Crippen LogP contribution in [0.4, 0.5) is 0 Å². The lowest BCUT2D eigenvalue weighted by Crippen LogP contribution is -2.52. The van der Waals surface area contributed by atoms with Crippen molar-refractivity contribution in [1.82, 2.24) is 4.90 Å². The van der Waals surface area contributed by atoms with Crippen molar-refractivity contribution in [1.29, 1.82) is 0 Å². The number of rotatable bonds is 4. The minimum Gasteiger partial charge on any atom is -0.468 e. The van der Waals surface area contributed by atoms with Gasteiger partial charge in [-0.15, -0.1) is 12.3 Å². The molecule has 0 aliphatic carbocycles. The third-order valence-electron chi connectivity index (χ3n) is 2.37. The molecule has 0 amide bonds. The molecule has 0 spiro atoms. The lowest BCUT2D eigenvalue weighted by Gasteiger charge is -2.38. The van der Waals surface area contributed by atoms with Gasteiger partial charge in [0.05, 0.1) is 7.11 Å². The monoisotopic (exact) mass is 181 g/mol. The van der Waals surface area contributed by atoms with Crippen LogP contribution in [0.15, 0.2) is 0 Å². The fraction of sp³-hybridized carbons (Fsp3) is 0.700. The SMILES string of the molecule is C#CCCCN1CCC1C(=O)OC. The Morgan fingerprint density at radius 1 is 1.77 bits per heavy atom. The van der Waals surface area contributed by atoms with E-state index in [4.69, 9.17) is 6.42 Å². The minimum atomic E-state index is -0.119. The van der Waals surface area contributed by atoms with Crippen LogP contribution in [-0.4, -0.2) is 37.1 Å². The Kier molecular flexibility index (Phi) is 3.78. The molecular formula is C10H15NO2. The molecule has 1 saturated heterocycles. The summed E-state index contributed by atoms with van der Waals surface area (Å²) >= 11 is 0. The third-order valence-corrected chi connectivity index (χ3v) is 2.37. The van der Waals surface area contributed by atoms with Crippen molar-refractivity contribution in [2.45, 2.75) is 25.3 Å². The number of hydrogen-bond acceptors (Lipinski definition) is 3. The van der Waals surface area contributed by atoms with Gasteiger partial charge in [-0.05, 0) is 19.4 Å². The summed E-state index contributed by atoms with van der Waals surface area (Å²) in [6.07, 6.45) is 7.80. The molecule has 3 nitrogen and oxygen atoms in total. The van der Waals surface area contributed by atoms with E-state index in [2.05, 4.69) is 15.6 Å². The van der Waals surface area contributed by atoms with Crippen molar-refractivity contribution in [3.05, 3.63) is 0 Å². The summed E-state index contributed by atoms with van der Waals surface area (Å²) < 4.78 is 4.67. The molecule has 72 valence electrons. The number of ether oxygens (including phenoxy) is 1. The summed E-state index contributed by atoms with van der Waals surface area (Å²) in [6.45, 7) is 1.90. The van der Waals surface area contributed by atoms with E-state index in [1.807, 2.05) is 0 Å². The van der Waals surface area contributed by atoms with Gasteiger partial charge in [-0.3, -0.25) is 9.69 Å². The first kappa shape index (κ1) is 10.1. The number of likely N-dealkylation sites (tertiary alicyclic amines) is 1. The van der Waals surface area contributed by atoms with Crippen molar-refractivity contribution < 1.29 is 9.53 Å². The van der Waals surface area contributed by atoms with E-state index >= 15 is 0 Å². The highest BCUT2D eigenvalue weighted by Gasteiger charge is 2.33. The summed E-state index contributed by atoms with van der Waals surface area (Å²) in [5.41, 5.74) is 0. The predicted octanol–water partition coefficient (Wildman–Crippen LogP) is 0.647. The van der Waals surface area contributed by atoms with E-state index in [1.165, 1.54) is 7.11 Å². The Hall–Kier alpha value is -1.01. The molecule has 0 saturated carbocycles. The Bertz CT molecular complexity index is 219. The normalized spacial score (nSPS) is 21.7. The molecule has 1 atom stereocenters. The average Bonchev–Trinajstić information content (AvgIpc) is 2.10. The van der Waals surface area contributed by atoms with Gasteiger partial charge in [0, 0.05) is 13.0 Å². The second-order valence-corrected chi connectivity index (χ2v) is 3.17. The van der Waals surface area contributed by atoms with Gasteiger partial charge < -0.3 is 4.74 Å². The van der Waals surface area contributed by atoms with E-state index in [0.29, 0.717) is 0 Å². The first-order chi connectivity index (χ1) is 6.29. The number of esters is 1. The topological polar surface area (TPSA) is 29.5 Å². The predicted molar refractivity (Wildman–Crippen MR) is 50.1 cm³/mol. The van der Waals surface area contributed by atoms with Gasteiger partial charge in [0.1, 0.15) is 6.04 Å². The highest BCUT2D eigenvalue weighted by molar-refractivity contribution is 5.76. The zero-order chi connectivity index (χ0) is 9.68. The number of terminal acetylenes is 1. The third kappa shape index (κ3) is 2.46. The van der Waals surface area contributed by atoms with Crippen LogP contribution in [-0.2, 0) is 9.53 Å². The second-order valence-electron chi connectivity index (χ2n) is 3.17. The molecule has 1 rings (SSSR count). The highest BCUT2D eigenvalue weighted by atomic mass is 16.5. The standard InChI is InChI=1S/C10H15NO2/c1-3-4-5-7-11-8-6-9(11)10(12)13-2/h1,9H,4-8H2,2H3. The smallest absolute Gasteiger partial charge is 0.323 e. The van der Waals surface area contributed by atoms with Crippen molar-refractivity contribution in [2.75, 3.05) is 20.2 Å². The molecule has 0 aromatic rings. The number of unbranched alkanes of at least 4 members (excludes halogenated alkanes) is 1. The number of carbonyl (C=O) groups is 1. The quantitative estimate of drug-likeness (QED) is 0.362. The van der Waals surface area contributed by atoms with Crippen LogP contribution < -0.4 is 0 Å². The van der Waals surface area contributed by atoms with E-state index < -0.39 is 0 Å². The maximum absolute atomic E-state index is 11.1. The molecule has 1 unspecified atom stereocenters. The van der Waals surface area contributed by atoms with Gasteiger partial charge >= 0.3 is 5.97 Å². The molecule has 1 fully saturated rings. The summed E-state index contributed by atoms with van der Waals surface area (Å²) in [6, 6.07) is -0.0113. The Morgan fingerprint density at radius 3 is 3.00 bits per heavy atom. The van der Waals surface area contributed by atoms with Crippen LogP contribution in [0.3, 0.4) is 0 Å². The van der Waals surface area contributed by atoms with Crippen LogP contribution in [0, 0.1) is 12.3 Å². The van der Waals surface area contributed by atoms with E-state index in [0.717, 1.165) is 32.4 Å². The van der Waals surface area contributed by atoms with Gasteiger partial charge in [0.25, 0.3) is 0 Å². The molecule has 1 heterocycles. The molecule has 0 aromatic heterocycles. The molecule has 0 bridgehead atoms. The molecule has 0 N–H and O–H groups in total. The maximum atomic E-state index is 11.1. The minimum absolute atomic E-state index is 0.0113. The van der Waals surface area contributed by atoms with Gasteiger partial charge in [0.15, 0.2) is 0 Å². The first-order valence-corrected chi connectivity index (χ1v) is 4.55. The number of carbonyl (C=O) groups excluding carboxylic acids is 1. The molecule has 13 heavy (non-hydrogen) atoms. The molecule has 1 aliphatic heterocycles. The van der Waals surface area contributed by atoms with Crippen LogP contribution in [0.2, 0.25) is 0 Å². The summed E-state index contributed by atoms with van der Waals surface area (Å²) in [4.78, 5) is 13.2. The van der Waals surface area contributed by atoms with E-state index in [9.17, 15) is 4.79 Å². The van der Waals surface area contributed by atoms with Gasteiger partial charge in [-0.1, -0.05) is 0 Å². The van der Waals surface area contributed by atoms with Gasteiger partial charge in [-0.25, -0.2) is 0 Å². The number of nitrogens with zero attached hydrogens (tertiary/aromatic N) is 1. The lowest BCUT2D eigenvalue weighted by molar-refractivity contribution is -0.151. The van der Waals surface area contributed by atoms with Crippen molar-refractivity contribution in [2.24, 2.45) is 0 Å². The number of methoxy groups -OCH3 is 1. The Morgan fingerprint density at radius 2 is 2.54 bits per heavy atom. The molecule has 0 radical (unpaired) electrons. The zero-order valence-electron chi connectivity index (χ0n) is 7.95. The summed E-state index contributed by atoms with van der Waals surface area (Å²) in [5, 5.41) is 0. The molecule has 0 aromatic carbocycles. The van der Waals surface area contributed by atoms with Crippen LogP contribution in [0.5, 0.6) is 0 Å². The van der Waals surface area contributed by atoms with Crippen molar-refractivity contribution in [3.8, 4) is 12.3 Å². The van der Waals surface area contributed by atoms with Crippen molar-refractivity contribution >= 4 is 5.97 Å².